The number of carbonyl (C=O) groups excluding carboxylic acids is 2. The van der Waals surface area contributed by atoms with E-state index in [2.05, 4.69) is 15.3 Å². The maximum Gasteiger partial charge on any atom is 0.223 e. The van der Waals surface area contributed by atoms with Crippen LogP contribution in [0.1, 0.15) is 25.3 Å². The Morgan fingerprint density at radius 3 is 2.86 bits per heavy atom. The first-order valence-electron chi connectivity index (χ1n) is 7.59. The molecule has 1 aromatic heterocycles. The topological polar surface area (TPSA) is 78.1 Å². The summed E-state index contributed by atoms with van der Waals surface area (Å²) < 4.78 is 0. The van der Waals surface area contributed by atoms with E-state index in [1.54, 1.807) is 18.2 Å². The number of nitrogens with zero attached hydrogens (tertiary/aromatic N) is 2. The fourth-order valence-corrected chi connectivity index (χ4v) is 2.88. The van der Waals surface area contributed by atoms with Gasteiger partial charge in [0.05, 0.1) is 17.4 Å². The molecule has 0 unspecified atom stereocenters. The molecule has 22 heavy (non-hydrogen) atoms. The average Bonchev–Trinajstić information content (AvgIpc) is 3.00. The molecule has 0 spiro atoms. The monoisotopic (exact) mass is 300 g/mol. The SMILES string of the molecule is CC(=O)N1CCC(C(=O)NCc2ccc3nc[nH]c3c2)CC1. The molecule has 0 atom stereocenters. The first-order valence-corrected chi connectivity index (χ1v) is 7.59. The Bertz CT molecular complexity index is 686. The number of hydrogen-bond acceptors (Lipinski definition) is 3. The van der Waals surface area contributed by atoms with Crippen molar-refractivity contribution >= 4 is 22.8 Å². The number of amides is 2. The van der Waals surface area contributed by atoms with Gasteiger partial charge in [0.25, 0.3) is 0 Å². The second kappa shape index (κ2) is 6.17. The summed E-state index contributed by atoms with van der Waals surface area (Å²) in [6.07, 6.45) is 3.14. The Kier molecular flexibility index (Phi) is 4.09. The maximum atomic E-state index is 12.2. The smallest absolute Gasteiger partial charge is 0.223 e. The van der Waals surface area contributed by atoms with E-state index < -0.39 is 0 Å². The number of likely N-dealkylation sites (tertiary alicyclic amines) is 1. The summed E-state index contributed by atoms with van der Waals surface area (Å²) in [5, 5.41) is 2.99. The van der Waals surface area contributed by atoms with E-state index in [9.17, 15) is 9.59 Å². The molecule has 0 aliphatic carbocycles. The van der Waals surface area contributed by atoms with Crippen molar-refractivity contribution in [2.24, 2.45) is 5.92 Å². The van der Waals surface area contributed by atoms with Crippen molar-refractivity contribution in [1.29, 1.82) is 0 Å². The van der Waals surface area contributed by atoms with Crippen molar-refractivity contribution in [2.75, 3.05) is 13.1 Å². The highest BCUT2D eigenvalue weighted by atomic mass is 16.2. The van der Waals surface area contributed by atoms with Gasteiger partial charge in [0.1, 0.15) is 0 Å². The first kappa shape index (κ1) is 14.6. The Hall–Kier alpha value is -2.37. The second-order valence-electron chi connectivity index (χ2n) is 5.75. The molecule has 2 N–H and O–H groups in total. The number of piperidine rings is 1. The number of hydrogen-bond donors (Lipinski definition) is 2. The van der Waals surface area contributed by atoms with Crippen LogP contribution < -0.4 is 5.32 Å². The van der Waals surface area contributed by atoms with E-state index in [0.717, 1.165) is 29.4 Å². The molecular formula is C16H20N4O2. The van der Waals surface area contributed by atoms with Crippen LogP contribution in [0.2, 0.25) is 0 Å². The lowest BCUT2D eigenvalue weighted by Gasteiger charge is -2.30. The van der Waals surface area contributed by atoms with Crippen molar-refractivity contribution in [3.8, 4) is 0 Å². The van der Waals surface area contributed by atoms with E-state index in [-0.39, 0.29) is 17.7 Å². The Labute approximate surface area is 128 Å². The Balaban J connectivity index is 1.53. The average molecular weight is 300 g/mol. The zero-order valence-electron chi connectivity index (χ0n) is 12.6. The molecule has 2 amide bonds. The van der Waals surface area contributed by atoms with Crippen LogP contribution in [-0.2, 0) is 16.1 Å². The summed E-state index contributed by atoms with van der Waals surface area (Å²) in [4.78, 5) is 32.6. The van der Waals surface area contributed by atoms with Crippen LogP contribution in [0.15, 0.2) is 24.5 Å². The number of aromatic nitrogens is 2. The number of rotatable bonds is 3. The van der Waals surface area contributed by atoms with Crippen molar-refractivity contribution in [1.82, 2.24) is 20.2 Å². The van der Waals surface area contributed by atoms with Gasteiger partial charge >= 0.3 is 0 Å². The molecule has 0 bridgehead atoms. The van der Waals surface area contributed by atoms with E-state index in [1.165, 1.54) is 0 Å². The molecule has 6 heteroatoms. The number of nitrogens with one attached hydrogen (secondary N) is 2. The lowest BCUT2D eigenvalue weighted by atomic mass is 9.96. The van der Waals surface area contributed by atoms with Gasteiger partial charge in [0, 0.05) is 32.5 Å². The lowest BCUT2D eigenvalue weighted by Crippen LogP contribution is -2.42. The van der Waals surface area contributed by atoms with Crippen molar-refractivity contribution in [3.05, 3.63) is 30.1 Å². The van der Waals surface area contributed by atoms with Gasteiger partial charge in [-0.25, -0.2) is 4.98 Å². The van der Waals surface area contributed by atoms with E-state index in [4.69, 9.17) is 0 Å². The van der Waals surface area contributed by atoms with Gasteiger partial charge in [-0.1, -0.05) is 6.07 Å². The third-order valence-electron chi connectivity index (χ3n) is 4.26. The fraction of sp³-hybridized carbons (Fsp3) is 0.438. The molecule has 0 radical (unpaired) electrons. The molecule has 0 saturated carbocycles. The largest absolute Gasteiger partial charge is 0.352 e. The van der Waals surface area contributed by atoms with Gasteiger partial charge in [0.2, 0.25) is 11.8 Å². The minimum Gasteiger partial charge on any atom is -0.352 e. The van der Waals surface area contributed by atoms with Crippen LogP contribution in [0.25, 0.3) is 11.0 Å². The molecular weight excluding hydrogens is 280 g/mol. The quantitative estimate of drug-likeness (QED) is 0.900. The summed E-state index contributed by atoms with van der Waals surface area (Å²) in [6, 6.07) is 5.92. The van der Waals surface area contributed by atoms with Crippen LogP contribution in [0.3, 0.4) is 0 Å². The zero-order chi connectivity index (χ0) is 15.5. The number of aromatic amines is 1. The molecule has 1 fully saturated rings. The maximum absolute atomic E-state index is 12.2. The fourth-order valence-electron chi connectivity index (χ4n) is 2.88. The van der Waals surface area contributed by atoms with Gasteiger partial charge < -0.3 is 15.2 Å². The number of carbonyl (C=O) groups is 2. The molecule has 2 aromatic rings. The van der Waals surface area contributed by atoms with E-state index in [0.29, 0.717) is 19.6 Å². The predicted molar refractivity (Wildman–Crippen MR) is 82.9 cm³/mol. The zero-order valence-corrected chi connectivity index (χ0v) is 12.6. The van der Waals surface area contributed by atoms with Crippen molar-refractivity contribution < 1.29 is 9.59 Å². The predicted octanol–water partition coefficient (Wildman–Crippen LogP) is 1.44. The highest BCUT2D eigenvalue weighted by Crippen LogP contribution is 2.18. The van der Waals surface area contributed by atoms with Crippen LogP contribution in [0.4, 0.5) is 0 Å². The normalized spacial score (nSPS) is 16.0. The summed E-state index contributed by atoms with van der Waals surface area (Å²) in [5.74, 6) is 0.172. The number of imidazole rings is 1. The Morgan fingerprint density at radius 1 is 1.36 bits per heavy atom. The second-order valence-corrected chi connectivity index (χ2v) is 5.75. The summed E-state index contributed by atoms with van der Waals surface area (Å²) in [7, 11) is 0. The third kappa shape index (κ3) is 3.10. The number of fused-ring (bicyclic) bond motifs is 1. The van der Waals surface area contributed by atoms with Gasteiger partial charge in [0.15, 0.2) is 0 Å². The van der Waals surface area contributed by atoms with Gasteiger partial charge in [-0.2, -0.15) is 0 Å². The highest BCUT2D eigenvalue weighted by molar-refractivity contribution is 5.80. The first-order chi connectivity index (χ1) is 10.6. The standard InChI is InChI=1S/C16H20N4O2/c1-11(21)20-6-4-13(5-7-20)16(22)17-9-12-2-3-14-15(8-12)19-10-18-14/h2-3,8,10,13H,4-7,9H2,1H3,(H,17,22)(H,18,19). The third-order valence-corrected chi connectivity index (χ3v) is 4.26. The van der Waals surface area contributed by atoms with Crippen molar-refractivity contribution in [3.63, 3.8) is 0 Å². The molecule has 3 rings (SSSR count). The van der Waals surface area contributed by atoms with Gasteiger partial charge in [-0.05, 0) is 30.5 Å². The molecule has 6 nitrogen and oxygen atoms in total. The molecule has 1 aliphatic heterocycles. The summed E-state index contributed by atoms with van der Waals surface area (Å²) in [5.41, 5.74) is 2.94. The summed E-state index contributed by atoms with van der Waals surface area (Å²) in [6.45, 7) is 3.44. The van der Waals surface area contributed by atoms with Crippen LogP contribution >= 0.6 is 0 Å². The van der Waals surface area contributed by atoms with Crippen LogP contribution in [-0.4, -0.2) is 39.8 Å². The molecule has 116 valence electrons. The molecule has 2 heterocycles. The number of benzene rings is 1. The van der Waals surface area contributed by atoms with Crippen LogP contribution in [0.5, 0.6) is 0 Å². The molecule has 1 aliphatic rings. The minimum atomic E-state index is 0.00601. The lowest BCUT2D eigenvalue weighted by molar-refractivity contribution is -0.134. The molecule has 1 aromatic carbocycles. The Morgan fingerprint density at radius 2 is 2.14 bits per heavy atom. The highest BCUT2D eigenvalue weighted by Gasteiger charge is 2.25. The van der Waals surface area contributed by atoms with E-state index >= 15 is 0 Å². The summed E-state index contributed by atoms with van der Waals surface area (Å²) >= 11 is 0. The van der Waals surface area contributed by atoms with Crippen molar-refractivity contribution in [2.45, 2.75) is 26.3 Å². The van der Waals surface area contributed by atoms with Crippen LogP contribution in [0, 0.1) is 5.92 Å². The number of H-pyrrole nitrogens is 1. The van der Waals surface area contributed by atoms with Gasteiger partial charge in [-0.3, -0.25) is 9.59 Å². The van der Waals surface area contributed by atoms with E-state index in [1.807, 2.05) is 18.2 Å². The molecule has 1 saturated heterocycles. The minimum absolute atomic E-state index is 0.00601. The van der Waals surface area contributed by atoms with Gasteiger partial charge in [-0.15, -0.1) is 0 Å².